The van der Waals surface area contributed by atoms with Crippen LogP contribution in [-0.4, -0.2) is 66.9 Å². The van der Waals surface area contributed by atoms with Crippen LogP contribution in [0.25, 0.3) is 0 Å². The van der Waals surface area contributed by atoms with Crippen molar-refractivity contribution in [1.29, 1.82) is 0 Å². The summed E-state index contributed by atoms with van der Waals surface area (Å²) in [7, 11) is -2.69. The van der Waals surface area contributed by atoms with Crippen LogP contribution in [0.1, 0.15) is 34.1 Å². The number of ether oxygens (including phenoxy) is 2. The van der Waals surface area contributed by atoms with Crippen molar-refractivity contribution in [1.82, 2.24) is 5.32 Å². The van der Waals surface area contributed by atoms with E-state index in [9.17, 15) is 9.59 Å². The Hall–Kier alpha value is -1.26. The van der Waals surface area contributed by atoms with Crippen molar-refractivity contribution in [2.45, 2.75) is 40.2 Å². The molecule has 1 N–H and O–H groups in total. The smallest absolute Gasteiger partial charge is 0.465 e. The zero-order valence-corrected chi connectivity index (χ0v) is 17.4. The lowest BCUT2D eigenvalue weighted by molar-refractivity contribution is -0.142. The minimum Gasteiger partial charge on any atom is -0.465 e. The van der Waals surface area contributed by atoms with Crippen LogP contribution in [0.2, 0.25) is 6.04 Å². The van der Waals surface area contributed by atoms with E-state index < -0.39 is 14.8 Å². The predicted octanol–water partition coefficient (Wildman–Crippen LogP) is 1.68. The van der Waals surface area contributed by atoms with Crippen LogP contribution in [0.3, 0.4) is 0 Å². The molecule has 26 heavy (non-hydrogen) atoms. The second-order valence-corrected chi connectivity index (χ2v) is 8.13. The molecule has 8 nitrogen and oxygen atoms in total. The maximum Gasteiger partial charge on any atom is 0.501 e. The summed E-state index contributed by atoms with van der Waals surface area (Å²) in [5, 5.41) is 2.85. The number of carbonyl (C=O) groups is 2. The van der Waals surface area contributed by atoms with Crippen LogP contribution in [0, 0.1) is 0 Å². The van der Waals surface area contributed by atoms with Crippen molar-refractivity contribution in [3.8, 4) is 0 Å². The lowest BCUT2D eigenvalue weighted by Crippen LogP contribution is -2.46. The van der Waals surface area contributed by atoms with Gasteiger partial charge in [-0.05, 0) is 34.1 Å². The van der Waals surface area contributed by atoms with Crippen molar-refractivity contribution < 1.29 is 32.3 Å². The van der Waals surface area contributed by atoms with E-state index in [0.29, 0.717) is 44.4 Å². The summed E-state index contributed by atoms with van der Waals surface area (Å²) in [6, 6.07) is 0.597. The number of hydrogen-bond donors (Lipinski definition) is 1. The lowest BCUT2D eigenvalue weighted by atomic mass is 10.4. The molecule has 0 spiro atoms. The molecule has 0 aliphatic carbocycles. The fourth-order valence-corrected chi connectivity index (χ4v) is 4.64. The summed E-state index contributed by atoms with van der Waals surface area (Å²) in [5.41, 5.74) is 0.343. The first-order valence-corrected chi connectivity index (χ1v) is 10.9. The lowest BCUT2D eigenvalue weighted by Gasteiger charge is -2.28. The first kappa shape index (κ1) is 24.7. The maximum absolute atomic E-state index is 11.7. The van der Waals surface area contributed by atoms with Crippen molar-refractivity contribution in [2.75, 3.05) is 46.1 Å². The largest absolute Gasteiger partial charge is 0.501 e. The average molecular weight is 392 g/mol. The second kappa shape index (κ2) is 14.9. The molecule has 0 aliphatic heterocycles. The Morgan fingerprint density at radius 1 is 0.962 bits per heavy atom. The molecular weight excluding hydrogens is 358 g/mol. The highest BCUT2D eigenvalue weighted by molar-refractivity contribution is 6.60. The van der Waals surface area contributed by atoms with Gasteiger partial charge >= 0.3 is 20.7 Å². The van der Waals surface area contributed by atoms with Gasteiger partial charge in [-0.1, -0.05) is 6.58 Å². The molecule has 0 aromatic rings. The summed E-state index contributed by atoms with van der Waals surface area (Å²) in [5.74, 6) is -0.812. The Bertz CT molecular complexity index is 414. The summed E-state index contributed by atoms with van der Waals surface area (Å²) >= 11 is 0. The molecule has 0 saturated carbocycles. The van der Waals surface area contributed by atoms with Gasteiger partial charge in [-0.3, -0.25) is 4.79 Å². The Balaban J connectivity index is 3.94. The third-order valence-corrected chi connectivity index (χ3v) is 6.26. The fourth-order valence-electron chi connectivity index (χ4n) is 2.06. The monoisotopic (exact) mass is 391 g/mol. The maximum atomic E-state index is 11.7. The molecule has 0 fully saturated rings. The van der Waals surface area contributed by atoms with Gasteiger partial charge in [-0.25, -0.2) is 4.79 Å². The van der Waals surface area contributed by atoms with Gasteiger partial charge in [0, 0.05) is 38.0 Å². The molecular formula is C17H33NO7Si. The standard InChI is InChI=1S/C17H33NO7Si/c1-6-23-26(24-7-2,25-8-3)13-9-11-21-16(19)14-18-10-12-22-17(20)15(4)5/h18H,4,6-14H2,1-3,5H3. The SMILES string of the molecule is C=C(C)C(=O)OCCNCC(=O)OCCC[Si](OCC)(OCC)OCC. The molecule has 0 atom stereocenters. The van der Waals surface area contributed by atoms with Crippen molar-refractivity contribution in [3.05, 3.63) is 12.2 Å². The number of hydrogen-bond acceptors (Lipinski definition) is 8. The molecule has 0 rings (SSSR count). The first-order valence-electron chi connectivity index (χ1n) is 9.01. The van der Waals surface area contributed by atoms with Gasteiger partial charge in [0.1, 0.15) is 6.61 Å². The highest BCUT2D eigenvalue weighted by atomic mass is 28.4. The highest BCUT2D eigenvalue weighted by Crippen LogP contribution is 2.18. The van der Waals surface area contributed by atoms with Crippen LogP contribution >= 0.6 is 0 Å². The van der Waals surface area contributed by atoms with Crippen LogP contribution < -0.4 is 5.32 Å². The van der Waals surface area contributed by atoms with E-state index in [0.717, 1.165) is 0 Å². The minimum absolute atomic E-state index is 0.0512. The van der Waals surface area contributed by atoms with E-state index in [4.69, 9.17) is 22.8 Å². The molecule has 0 saturated heterocycles. The molecule has 0 heterocycles. The normalized spacial score (nSPS) is 11.2. The first-order chi connectivity index (χ1) is 12.4. The van der Waals surface area contributed by atoms with Crippen molar-refractivity contribution in [2.24, 2.45) is 0 Å². The number of carbonyl (C=O) groups excluding carboxylic acids is 2. The van der Waals surface area contributed by atoms with Crippen molar-refractivity contribution in [3.63, 3.8) is 0 Å². The summed E-state index contributed by atoms with van der Waals surface area (Å²) < 4.78 is 27.3. The third kappa shape index (κ3) is 11.4. The molecule has 0 aromatic carbocycles. The van der Waals surface area contributed by atoms with Crippen molar-refractivity contribution >= 4 is 20.7 Å². The van der Waals surface area contributed by atoms with Gasteiger partial charge in [-0.2, -0.15) is 0 Å². The molecule has 9 heteroatoms. The van der Waals surface area contributed by atoms with Crippen LogP contribution in [0.15, 0.2) is 12.2 Å². The molecule has 0 aliphatic rings. The zero-order chi connectivity index (χ0) is 19.8. The fraction of sp³-hybridized carbons (Fsp3) is 0.765. The summed E-state index contributed by atoms with van der Waals surface area (Å²) in [4.78, 5) is 22.8. The third-order valence-electron chi connectivity index (χ3n) is 3.11. The van der Waals surface area contributed by atoms with E-state index in [1.54, 1.807) is 6.92 Å². The quantitative estimate of drug-likeness (QED) is 0.184. The molecule has 0 aromatic heterocycles. The van der Waals surface area contributed by atoms with E-state index >= 15 is 0 Å². The number of rotatable bonds is 16. The topological polar surface area (TPSA) is 92.3 Å². The average Bonchev–Trinajstić information content (AvgIpc) is 2.59. The van der Waals surface area contributed by atoms with Gasteiger partial charge in [0.2, 0.25) is 0 Å². The summed E-state index contributed by atoms with van der Waals surface area (Å²) in [6.07, 6.45) is 0.605. The van der Waals surface area contributed by atoms with Gasteiger partial charge in [0.25, 0.3) is 0 Å². The van der Waals surface area contributed by atoms with Crippen LogP contribution in [-0.2, 0) is 32.3 Å². The minimum atomic E-state index is -2.69. The Labute approximate surface area is 157 Å². The molecule has 0 radical (unpaired) electrons. The predicted molar refractivity (Wildman–Crippen MR) is 99.7 cm³/mol. The van der Waals surface area contributed by atoms with Gasteiger partial charge in [0.15, 0.2) is 0 Å². The Kier molecular flexibility index (Phi) is 14.1. The Morgan fingerprint density at radius 2 is 1.54 bits per heavy atom. The van der Waals surface area contributed by atoms with E-state index in [1.807, 2.05) is 20.8 Å². The molecule has 0 bridgehead atoms. The van der Waals surface area contributed by atoms with E-state index in [-0.39, 0.29) is 25.7 Å². The Morgan fingerprint density at radius 3 is 2.04 bits per heavy atom. The van der Waals surface area contributed by atoms with E-state index in [2.05, 4.69) is 11.9 Å². The molecule has 0 unspecified atom stereocenters. The van der Waals surface area contributed by atoms with Crippen LogP contribution in [0.5, 0.6) is 0 Å². The summed E-state index contributed by atoms with van der Waals surface area (Å²) in [6.45, 7) is 13.2. The highest BCUT2D eigenvalue weighted by Gasteiger charge is 2.39. The van der Waals surface area contributed by atoms with Gasteiger partial charge < -0.3 is 28.1 Å². The number of esters is 2. The zero-order valence-electron chi connectivity index (χ0n) is 16.4. The van der Waals surface area contributed by atoms with Gasteiger partial charge in [0.05, 0.1) is 13.2 Å². The van der Waals surface area contributed by atoms with Gasteiger partial charge in [-0.15, -0.1) is 0 Å². The molecule has 152 valence electrons. The molecule has 0 amide bonds. The number of nitrogens with one attached hydrogen (secondary N) is 1. The van der Waals surface area contributed by atoms with E-state index in [1.165, 1.54) is 0 Å². The van der Waals surface area contributed by atoms with Crippen LogP contribution in [0.4, 0.5) is 0 Å². The second-order valence-electron chi connectivity index (χ2n) is 5.40.